The van der Waals surface area contributed by atoms with Gasteiger partial charge in [0.1, 0.15) is 9.84 Å². The molecule has 0 aliphatic carbocycles. The van der Waals surface area contributed by atoms with Crippen LogP contribution in [0.15, 0.2) is 0 Å². The summed E-state index contributed by atoms with van der Waals surface area (Å²) in [4.78, 5) is 0. The molecule has 0 aromatic carbocycles. The van der Waals surface area contributed by atoms with E-state index in [-0.39, 0.29) is 12.2 Å². The fraction of sp³-hybridized carbons (Fsp3) is 0.750. The molecule has 21 heavy (non-hydrogen) atoms. The monoisotopic (exact) mass is 351 g/mol. The topological polar surface area (TPSA) is 123 Å². The van der Waals surface area contributed by atoms with Crippen molar-refractivity contribution in [1.82, 2.24) is 0 Å². The Bertz CT molecular complexity index is 485. The van der Waals surface area contributed by atoms with Gasteiger partial charge in [-0.15, -0.1) is 0 Å². The third-order valence-corrected chi connectivity index (χ3v) is 3.84. The Morgan fingerprint density at radius 3 is 1.67 bits per heavy atom. The summed E-state index contributed by atoms with van der Waals surface area (Å²) in [7, 11) is -3.70. The van der Waals surface area contributed by atoms with Gasteiger partial charge in [-0.05, 0) is 6.26 Å². The van der Waals surface area contributed by atoms with Gasteiger partial charge in [0.2, 0.25) is 0 Å². The zero-order valence-electron chi connectivity index (χ0n) is 12.5. The van der Waals surface area contributed by atoms with Crippen LogP contribution < -0.4 is 0 Å². The molecule has 0 heterocycles. The van der Waals surface area contributed by atoms with Crippen molar-refractivity contribution in [3.05, 3.63) is 0 Å². The van der Waals surface area contributed by atoms with Crippen molar-refractivity contribution in [2.45, 2.75) is 19.3 Å². The summed E-state index contributed by atoms with van der Waals surface area (Å²) < 4.78 is 30.6. The van der Waals surface area contributed by atoms with Crippen LogP contribution in [0.25, 0.3) is 0 Å². The third-order valence-electron chi connectivity index (χ3n) is 1.50. The van der Waals surface area contributed by atoms with E-state index in [1.807, 2.05) is 18.4 Å². The van der Waals surface area contributed by atoms with Crippen LogP contribution in [0.1, 0.15) is 19.3 Å². The van der Waals surface area contributed by atoms with E-state index in [4.69, 9.17) is 15.8 Å². The van der Waals surface area contributed by atoms with Crippen LogP contribution in [0.5, 0.6) is 0 Å². The first-order valence-corrected chi connectivity index (χ1v) is 11.0. The summed E-state index contributed by atoms with van der Waals surface area (Å²) in [5.74, 6) is 1.45. The molecule has 0 saturated carbocycles. The molecule has 0 N–H and O–H groups in total. The first-order valence-electron chi connectivity index (χ1n) is 5.82. The summed E-state index contributed by atoms with van der Waals surface area (Å²) in [6.45, 7) is 0. The van der Waals surface area contributed by atoms with Gasteiger partial charge in [0.25, 0.3) is 0 Å². The second kappa shape index (κ2) is 18.9. The van der Waals surface area contributed by atoms with E-state index in [9.17, 15) is 12.6 Å². The van der Waals surface area contributed by atoms with Gasteiger partial charge in [0, 0.05) is 54.1 Å². The van der Waals surface area contributed by atoms with Gasteiger partial charge >= 0.3 is 0 Å². The fourth-order valence-electron chi connectivity index (χ4n) is 0.568. The molecule has 0 radical (unpaired) electrons. The molecule has 0 aromatic heterocycles. The Morgan fingerprint density at radius 1 is 1.05 bits per heavy atom. The van der Waals surface area contributed by atoms with Gasteiger partial charge in [0.15, 0.2) is 0 Å². The third kappa shape index (κ3) is 45.4. The number of rotatable bonds is 6. The van der Waals surface area contributed by atoms with Gasteiger partial charge in [-0.1, -0.05) is 0 Å². The zero-order valence-corrected chi connectivity index (χ0v) is 15.0. The minimum absolute atomic E-state index is 0.0243. The lowest BCUT2D eigenvalue weighted by Crippen LogP contribution is -2.00. The van der Waals surface area contributed by atoms with E-state index in [0.717, 1.165) is 12.0 Å². The highest BCUT2D eigenvalue weighted by atomic mass is 32.2. The molecule has 1 unspecified atom stereocenters. The molecule has 120 valence electrons. The van der Waals surface area contributed by atoms with E-state index in [2.05, 4.69) is 0 Å². The van der Waals surface area contributed by atoms with E-state index in [1.165, 1.54) is 0 Å². The van der Waals surface area contributed by atoms with Crippen LogP contribution in [0.3, 0.4) is 0 Å². The highest BCUT2D eigenvalue weighted by molar-refractivity contribution is 7.98. The number of hydrogen-bond donors (Lipinski definition) is 0. The molecule has 0 amide bonds. The Kier molecular flexibility index (Phi) is 22.4. The molecule has 0 rings (SSSR count). The van der Waals surface area contributed by atoms with E-state index >= 15 is 0 Å². The van der Waals surface area contributed by atoms with Crippen LogP contribution in [0.4, 0.5) is 0 Å². The number of hydrogen-bond acceptors (Lipinski definition) is 7. The normalized spacial score (nSPS) is 10.3. The fourth-order valence-corrected chi connectivity index (χ4v) is 1.70. The number of nitrogens with zero attached hydrogens (tertiary/aromatic N) is 3. The average Bonchev–Trinajstić information content (AvgIpc) is 2.41. The van der Waals surface area contributed by atoms with E-state index < -0.39 is 20.6 Å². The van der Waals surface area contributed by atoms with Crippen molar-refractivity contribution in [1.29, 1.82) is 15.8 Å². The van der Waals surface area contributed by atoms with Crippen molar-refractivity contribution in [2.24, 2.45) is 0 Å². The van der Waals surface area contributed by atoms with Gasteiger partial charge in [0.05, 0.1) is 24.0 Å². The summed E-state index contributed by atoms with van der Waals surface area (Å²) in [6, 6.07) is 5.70. The molecule has 0 fully saturated rings. The molecule has 0 spiro atoms. The van der Waals surface area contributed by atoms with Crippen LogP contribution in [0, 0.1) is 34.0 Å². The molecule has 6 nitrogen and oxygen atoms in total. The average molecular weight is 352 g/mol. The Balaban J connectivity index is -0.000000234. The smallest absolute Gasteiger partial charge is 0.148 e. The maximum Gasteiger partial charge on any atom is 0.148 e. The molecule has 0 aromatic rings. The van der Waals surface area contributed by atoms with Gasteiger partial charge < -0.3 is 0 Å². The van der Waals surface area contributed by atoms with Crippen LogP contribution in [0.2, 0.25) is 0 Å². The van der Waals surface area contributed by atoms with E-state index in [0.29, 0.717) is 18.6 Å². The maximum atomic E-state index is 10.2. The van der Waals surface area contributed by atoms with Crippen molar-refractivity contribution in [3.8, 4) is 18.2 Å². The first kappa shape index (κ1) is 24.9. The maximum absolute atomic E-state index is 10.2. The van der Waals surface area contributed by atoms with Crippen molar-refractivity contribution >= 4 is 32.4 Å². The highest BCUT2D eigenvalue weighted by Gasteiger charge is 1.98. The molecular weight excluding hydrogens is 330 g/mol. The summed E-state index contributed by atoms with van der Waals surface area (Å²) >= 11 is 1.70. The van der Waals surface area contributed by atoms with Crippen molar-refractivity contribution in [2.75, 3.05) is 36.0 Å². The molecule has 0 saturated heterocycles. The molecule has 1 atom stereocenters. The van der Waals surface area contributed by atoms with Gasteiger partial charge in [-0.3, -0.25) is 4.21 Å². The second-order valence-corrected chi connectivity index (χ2v) is 8.42. The number of thioether (sulfide) groups is 1. The quantitative estimate of drug-likeness (QED) is 0.664. The van der Waals surface area contributed by atoms with Crippen LogP contribution in [-0.2, 0) is 20.6 Å². The van der Waals surface area contributed by atoms with Gasteiger partial charge in [-0.2, -0.15) is 27.5 Å². The Morgan fingerprint density at radius 2 is 1.52 bits per heavy atom. The van der Waals surface area contributed by atoms with Crippen molar-refractivity contribution < 1.29 is 12.6 Å². The SMILES string of the molecule is CS(=O)(=O)CCC#N.CS(=O)CCC#N.CSCCC#N. The Hall–Kier alpha value is -1.08. The van der Waals surface area contributed by atoms with Crippen LogP contribution >= 0.6 is 11.8 Å². The summed E-state index contributed by atoms with van der Waals surface area (Å²) in [6.07, 6.45) is 5.89. The number of sulfone groups is 1. The first-order chi connectivity index (χ1) is 9.74. The standard InChI is InChI=1S/C4H7NO2S.C4H7NOS.C4H7NS/c1-8(6,7)4-2-3-5;1-7(6)4-2-3-5;1-6-4-2-3-5/h2,4H2,1H3;2,4H2,1H3;2,4H2,1H3. The zero-order chi connectivity index (χ0) is 17.1. The predicted octanol–water partition coefficient (Wildman–Crippen LogP) is 1.49. The van der Waals surface area contributed by atoms with Crippen molar-refractivity contribution in [3.63, 3.8) is 0 Å². The summed E-state index contributed by atoms with van der Waals surface area (Å²) in [5, 5.41) is 23.8. The Labute approximate surface area is 134 Å². The minimum atomic E-state index is -2.91. The molecule has 9 heteroatoms. The largest absolute Gasteiger partial charge is 0.260 e. The lowest BCUT2D eigenvalue weighted by molar-refractivity contribution is 0.601. The van der Waals surface area contributed by atoms with Gasteiger partial charge in [-0.25, -0.2) is 8.42 Å². The van der Waals surface area contributed by atoms with E-state index in [1.54, 1.807) is 24.1 Å². The number of nitriles is 3. The highest BCUT2D eigenvalue weighted by Crippen LogP contribution is 1.91. The lowest BCUT2D eigenvalue weighted by Gasteiger charge is -1.85. The molecule has 0 aliphatic heterocycles. The molecule has 0 aliphatic rings. The predicted molar refractivity (Wildman–Crippen MR) is 87.7 cm³/mol. The summed E-state index contributed by atoms with van der Waals surface area (Å²) in [5.41, 5.74) is 0. The molecule has 0 bridgehead atoms. The molecular formula is C12H21N3O3S3. The second-order valence-electron chi connectivity index (χ2n) is 3.62. The van der Waals surface area contributed by atoms with Crippen LogP contribution in [-0.4, -0.2) is 48.7 Å². The lowest BCUT2D eigenvalue weighted by atomic mass is 10.6. The minimum Gasteiger partial charge on any atom is -0.260 e.